The van der Waals surface area contributed by atoms with Crippen LogP contribution in [0.1, 0.15) is 29.6 Å². The summed E-state index contributed by atoms with van der Waals surface area (Å²) in [7, 11) is 0. The van der Waals surface area contributed by atoms with Crippen LogP contribution in [0.15, 0.2) is 24.3 Å². The highest BCUT2D eigenvalue weighted by Crippen LogP contribution is 2.07. The number of aliphatic hydroxyl groups is 1. The topological polar surface area (TPSA) is 49.3 Å². The number of unbranched alkanes of at least 4 members (excludes halogenated alkanes) is 2. The number of halogens is 1. The second-order valence-electron chi connectivity index (χ2n) is 3.55. The number of rotatable bonds is 6. The molecule has 3 nitrogen and oxygen atoms in total. The van der Waals surface area contributed by atoms with Gasteiger partial charge in [-0.1, -0.05) is 6.07 Å². The van der Waals surface area contributed by atoms with E-state index in [2.05, 4.69) is 27.9 Å². The van der Waals surface area contributed by atoms with Gasteiger partial charge in [-0.05, 0) is 60.1 Å². The minimum Gasteiger partial charge on any atom is -0.396 e. The monoisotopic (exact) mass is 333 g/mol. The van der Waals surface area contributed by atoms with Gasteiger partial charge in [-0.2, -0.15) is 0 Å². The Bertz CT molecular complexity index is 342. The molecule has 0 aliphatic heterocycles. The van der Waals surface area contributed by atoms with Crippen LogP contribution in [-0.4, -0.2) is 24.2 Å². The molecular formula is C12H16INO2. The summed E-state index contributed by atoms with van der Waals surface area (Å²) >= 11 is 2.19. The smallest absolute Gasteiger partial charge is 0.251 e. The van der Waals surface area contributed by atoms with Crippen LogP contribution in [-0.2, 0) is 0 Å². The minimum atomic E-state index is -0.0254. The summed E-state index contributed by atoms with van der Waals surface area (Å²) in [5, 5.41) is 11.5. The van der Waals surface area contributed by atoms with Crippen molar-refractivity contribution in [3.63, 3.8) is 0 Å². The van der Waals surface area contributed by atoms with E-state index in [1.807, 2.05) is 24.3 Å². The quantitative estimate of drug-likeness (QED) is 0.619. The average Bonchev–Trinajstić information content (AvgIpc) is 2.28. The zero-order valence-corrected chi connectivity index (χ0v) is 11.2. The molecule has 0 heterocycles. The number of hydrogen-bond acceptors (Lipinski definition) is 2. The first-order valence-corrected chi connectivity index (χ1v) is 6.46. The molecule has 0 unspecified atom stereocenters. The molecule has 0 saturated carbocycles. The lowest BCUT2D eigenvalue weighted by molar-refractivity contribution is 0.0953. The van der Waals surface area contributed by atoms with E-state index in [1.165, 1.54) is 0 Å². The molecule has 0 aliphatic carbocycles. The van der Waals surface area contributed by atoms with E-state index in [-0.39, 0.29) is 12.5 Å². The maximum atomic E-state index is 11.7. The fourth-order valence-corrected chi connectivity index (χ4v) is 1.89. The van der Waals surface area contributed by atoms with Gasteiger partial charge < -0.3 is 10.4 Å². The van der Waals surface area contributed by atoms with Crippen LogP contribution in [0, 0.1) is 3.57 Å². The first kappa shape index (κ1) is 13.4. The molecule has 0 saturated heterocycles. The molecule has 0 radical (unpaired) electrons. The summed E-state index contributed by atoms with van der Waals surface area (Å²) in [5.41, 5.74) is 0.703. The lowest BCUT2D eigenvalue weighted by atomic mass is 10.2. The van der Waals surface area contributed by atoms with Crippen molar-refractivity contribution in [3.8, 4) is 0 Å². The number of carbonyl (C=O) groups is 1. The molecule has 1 aromatic rings. The summed E-state index contributed by atoms with van der Waals surface area (Å²) in [5.74, 6) is -0.0254. The Morgan fingerprint density at radius 3 is 2.81 bits per heavy atom. The van der Waals surface area contributed by atoms with Crippen LogP contribution in [0.25, 0.3) is 0 Å². The number of amides is 1. The molecule has 1 rings (SSSR count). The summed E-state index contributed by atoms with van der Waals surface area (Å²) in [6.45, 7) is 0.898. The van der Waals surface area contributed by atoms with Gasteiger partial charge in [0.05, 0.1) is 0 Å². The maximum absolute atomic E-state index is 11.7. The van der Waals surface area contributed by atoms with E-state index in [9.17, 15) is 4.79 Å². The van der Waals surface area contributed by atoms with Crippen molar-refractivity contribution in [3.05, 3.63) is 33.4 Å². The molecule has 2 N–H and O–H groups in total. The molecule has 0 spiro atoms. The van der Waals surface area contributed by atoms with Crippen molar-refractivity contribution in [1.29, 1.82) is 0 Å². The van der Waals surface area contributed by atoms with Crippen LogP contribution in [0.2, 0.25) is 0 Å². The molecule has 88 valence electrons. The predicted molar refractivity (Wildman–Crippen MR) is 72.4 cm³/mol. The second kappa shape index (κ2) is 7.62. The lowest BCUT2D eigenvalue weighted by Gasteiger charge is -2.05. The first-order valence-electron chi connectivity index (χ1n) is 5.38. The van der Waals surface area contributed by atoms with E-state index in [1.54, 1.807) is 0 Å². The zero-order valence-electron chi connectivity index (χ0n) is 9.08. The fraction of sp³-hybridized carbons (Fsp3) is 0.417. The minimum absolute atomic E-state index is 0.0254. The largest absolute Gasteiger partial charge is 0.396 e. The number of carbonyl (C=O) groups excluding carboxylic acids is 1. The molecule has 1 aromatic carbocycles. The van der Waals surface area contributed by atoms with Gasteiger partial charge in [-0.25, -0.2) is 0 Å². The zero-order chi connectivity index (χ0) is 11.8. The highest BCUT2D eigenvalue weighted by molar-refractivity contribution is 14.1. The third-order valence-corrected chi connectivity index (χ3v) is 2.88. The van der Waals surface area contributed by atoms with Gasteiger partial charge in [0.15, 0.2) is 0 Å². The Hall–Kier alpha value is -0.620. The molecule has 0 fully saturated rings. The standard InChI is InChI=1S/C12H16INO2/c13-11-6-4-5-10(9-11)12(16)14-7-2-1-3-8-15/h4-6,9,15H,1-3,7-8H2,(H,14,16). The molecule has 0 aromatic heterocycles. The molecule has 0 atom stereocenters. The normalized spacial score (nSPS) is 10.1. The van der Waals surface area contributed by atoms with Crippen LogP contribution in [0.3, 0.4) is 0 Å². The van der Waals surface area contributed by atoms with Gasteiger partial charge in [0.2, 0.25) is 0 Å². The maximum Gasteiger partial charge on any atom is 0.251 e. The van der Waals surface area contributed by atoms with Crippen LogP contribution >= 0.6 is 22.6 Å². The number of nitrogens with one attached hydrogen (secondary N) is 1. The van der Waals surface area contributed by atoms with E-state index >= 15 is 0 Å². The fourth-order valence-electron chi connectivity index (χ4n) is 1.35. The van der Waals surface area contributed by atoms with Crippen molar-refractivity contribution < 1.29 is 9.90 Å². The van der Waals surface area contributed by atoms with Crippen molar-refractivity contribution >= 4 is 28.5 Å². The highest BCUT2D eigenvalue weighted by atomic mass is 127. The molecule has 4 heteroatoms. The average molecular weight is 333 g/mol. The summed E-state index contributed by atoms with van der Waals surface area (Å²) in [6, 6.07) is 7.51. The van der Waals surface area contributed by atoms with Crippen LogP contribution in [0.4, 0.5) is 0 Å². The SMILES string of the molecule is O=C(NCCCCCO)c1cccc(I)c1. The Labute approximate surface area is 109 Å². The van der Waals surface area contributed by atoms with Crippen molar-refractivity contribution in [2.24, 2.45) is 0 Å². The summed E-state index contributed by atoms with van der Waals surface area (Å²) < 4.78 is 1.06. The lowest BCUT2D eigenvalue weighted by Crippen LogP contribution is -2.24. The van der Waals surface area contributed by atoms with E-state index in [4.69, 9.17) is 5.11 Å². The van der Waals surface area contributed by atoms with Gasteiger partial charge in [0.1, 0.15) is 0 Å². The number of hydrogen-bond donors (Lipinski definition) is 2. The van der Waals surface area contributed by atoms with E-state index < -0.39 is 0 Å². The molecule has 16 heavy (non-hydrogen) atoms. The van der Waals surface area contributed by atoms with Gasteiger partial charge in [0.25, 0.3) is 5.91 Å². The van der Waals surface area contributed by atoms with Crippen LogP contribution in [0.5, 0.6) is 0 Å². The predicted octanol–water partition coefficient (Wildman–Crippen LogP) is 2.18. The second-order valence-corrected chi connectivity index (χ2v) is 4.80. The Kier molecular flexibility index (Phi) is 6.40. The Balaban J connectivity index is 2.30. The van der Waals surface area contributed by atoms with Gasteiger partial charge >= 0.3 is 0 Å². The summed E-state index contributed by atoms with van der Waals surface area (Å²) in [4.78, 5) is 11.7. The van der Waals surface area contributed by atoms with Gasteiger partial charge in [-0.3, -0.25) is 4.79 Å². The molecular weight excluding hydrogens is 317 g/mol. The molecule has 0 aliphatic rings. The van der Waals surface area contributed by atoms with Crippen molar-refractivity contribution in [1.82, 2.24) is 5.32 Å². The van der Waals surface area contributed by atoms with E-state index in [0.717, 1.165) is 22.8 Å². The number of aliphatic hydroxyl groups excluding tert-OH is 1. The van der Waals surface area contributed by atoms with Crippen molar-refractivity contribution in [2.45, 2.75) is 19.3 Å². The summed E-state index contributed by atoms with van der Waals surface area (Å²) in [6.07, 6.45) is 2.67. The van der Waals surface area contributed by atoms with E-state index in [0.29, 0.717) is 12.1 Å². The van der Waals surface area contributed by atoms with Crippen LogP contribution < -0.4 is 5.32 Å². The third kappa shape index (κ3) is 4.94. The Morgan fingerprint density at radius 2 is 2.12 bits per heavy atom. The van der Waals surface area contributed by atoms with Crippen molar-refractivity contribution in [2.75, 3.05) is 13.2 Å². The van der Waals surface area contributed by atoms with Gasteiger partial charge in [-0.15, -0.1) is 0 Å². The number of benzene rings is 1. The van der Waals surface area contributed by atoms with Gasteiger partial charge in [0, 0.05) is 22.3 Å². The first-order chi connectivity index (χ1) is 7.74. The highest BCUT2D eigenvalue weighted by Gasteiger charge is 2.04. The molecule has 1 amide bonds. The third-order valence-electron chi connectivity index (χ3n) is 2.21. The molecule has 0 bridgehead atoms. The Morgan fingerprint density at radius 1 is 1.31 bits per heavy atom.